The van der Waals surface area contributed by atoms with E-state index in [2.05, 4.69) is 25.3 Å². The van der Waals surface area contributed by atoms with Gasteiger partial charge in [-0.15, -0.1) is 10.2 Å². The van der Waals surface area contributed by atoms with Crippen LogP contribution in [0.5, 0.6) is 0 Å². The lowest BCUT2D eigenvalue weighted by molar-refractivity contribution is 0.628. The Morgan fingerprint density at radius 2 is 1.81 bits per heavy atom. The number of hydrogen-bond acceptors (Lipinski definition) is 5. The van der Waals surface area contributed by atoms with Gasteiger partial charge < -0.3 is 10.7 Å². The number of imidazole rings is 1. The molecule has 0 saturated carbocycles. The Balaban J connectivity index is 1.67. The number of benzene rings is 2. The molecule has 0 bridgehead atoms. The third-order valence-corrected chi connectivity index (χ3v) is 4.23. The number of fused-ring (bicyclic) bond motifs is 2. The summed E-state index contributed by atoms with van der Waals surface area (Å²) in [6.07, 6.45) is 1.63. The molecule has 26 heavy (non-hydrogen) atoms. The lowest BCUT2D eigenvalue weighted by Gasteiger charge is -2.04. The smallest absolute Gasteiger partial charge is 0.187 e. The van der Waals surface area contributed by atoms with E-state index in [1.807, 2.05) is 24.3 Å². The standard InChI is InChI=1S/C18H12FN7/c19-11-7-5-10(6-8-11)12-9-21-26-16(20)15(24-25-18(12)26)17-22-13-3-1-2-4-14(13)23-17/h1-9H,20H2,(H,22,23). The minimum Gasteiger partial charge on any atom is -0.382 e. The number of aromatic nitrogens is 6. The van der Waals surface area contributed by atoms with Crippen molar-refractivity contribution in [1.82, 2.24) is 29.8 Å². The van der Waals surface area contributed by atoms with Crippen molar-refractivity contribution in [3.8, 4) is 22.6 Å². The Morgan fingerprint density at radius 3 is 2.62 bits per heavy atom. The molecule has 0 spiro atoms. The molecule has 8 heteroatoms. The average molecular weight is 345 g/mol. The SMILES string of the molecule is Nc1c(-c2nc3ccccc3[nH]2)nnc2c(-c3ccc(F)cc3)cnn12. The molecule has 0 aliphatic heterocycles. The third-order valence-electron chi connectivity index (χ3n) is 4.23. The molecule has 5 aromatic rings. The number of para-hydroxylation sites is 2. The number of aromatic amines is 1. The van der Waals surface area contributed by atoms with E-state index < -0.39 is 0 Å². The highest BCUT2D eigenvalue weighted by Gasteiger charge is 2.17. The van der Waals surface area contributed by atoms with Crippen molar-refractivity contribution in [1.29, 1.82) is 0 Å². The van der Waals surface area contributed by atoms with Gasteiger partial charge in [0.15, 0.2) is 23.0 Å². The highest BCUT2D eigenvalue weighted by molar-refractivity contribution is 5.82. The number of rotatable bonds is 2. The molecule has 5 rings (SSSR count). The van der Waals surface area contributed by atoms with E-state index in [0.717, 1.165) is 22.2 Å². The Labute approximate surface area is 146 Å². The fourth-order valence-corrected chi connectivity index (χ4v) is 2.93. The zero-order valence-electron chi connectivity index (χ0n) is 13.4. The molecule has 0 radical (unpaired) electrons. The highest BCUT2D eigenvalue weighted by atomic mass is 19.1. The summed E-state index contributed by atoms with van der Waals surface area (Å²) in [5.74, 6) is 0.544. The summed E-state index contributed by atoms with van der Waals surface area (Å²) in [4.78, 5) is 7.69. The van der Waals surface area contributed by atoms with Gasteiger partial charge in [0.2, 0.25) is 0 Å². The van der Waals surface area contributed by atoms with Gasteiger partial charge >= 0.3 is 0 Å². The number of nitrogens with zero attached hydrogens (tertiary/aromatic N) is 5. The van der Waals surface area contributed by atoms with Crippen molar-refractivity contribution >= 4 is 22.5 Å². The number of hydrogen-bond donors (Lipinski definition) is 2. The summed E-state index contributed by atoms with van der Waals surface area (Å²) in [5, 5.41) is 12.8. The van der Waals surface area contributed by atoms with E-state index in [9.17, 15) is 4.39 Å². The van der Waals surface area contributed by atoms with Crippen molar-refractivity contribution in [3.05, 3.63) is 60.5 Å². The van der Waals surface area contributed by atoms with Crippen LogP contribution in [0.25, 0.3) is 39.3 Å². The van der Waals surface area contributed by atoms with E-state index in [-0.39, 0.29) is 5.82 Å². The van der Waals surface area contributed by atoms with Crippen LogP contribution in [0.3, 0.4) is 0 Å². The van der Waals surface area contributed by atoms with Crippen LogP contribution in [0.2, 0.25) is 0 Å². The normalized spacial score (nSPS) is 11.4. The molecule has 3 aromatic heterocycles. The first-order valence-electron chi connectivity index (χ1n) is 7.91. The molecule has 0 amide bonds. The number of nitrogens with one attached hydrogen (secondary N) is 1. The van der Waals surface area contributed by atoms with Crippen molar-refractivity contribution in [3.63, 3.8) is 0 Å². The maximum atomic E-state index is 13.2. The summed E-state index contributed by atoms with van der Waals surface area (Å²) < 4.78 is 14.7. The van der Waals surface area contributed by atoms with Crippen LogP contribution in [0.1, 0.15) is 0 Å². The van der Waals surface area contributed by atoms with Gasteiger partial charge in [0.05, 0.1) is 17.2 Å². The second kappa shape index (κ2) is 5.35. The Bertz CT molecular complexity index is 1220. The van der Waals surface area contributed by atoms with Gasteiger partial charge in [-0.25, -0.2) is 9.37 Å². The maximum Gasteiger partial charge on any atom is 0.187 e. The van der Waals surface area contributed by atoms with Crippen molar-refractivity contribution in [2.75, 3.05) is 5.73 Å². The van der Waals surface area contributed by atoms with Crippen LogP contribution in [0, 0.1) is 5.82 Å². The van der Waals surface area contributed by atoms with Gasteiger partial charge in [-0.05, 0) is 29.8 Å². The summed E-state index contributed by atoms with van der Waals surface area (Å²) in [6, 6.07) is 13.8. The predicted octanol–water partition coefficient (Wildman–Crippen LogP) is 3.06. The number of nitrogens with two attached hydrogens (primary N) is 1. The van der Waals surface area contributed by atoms with Gasteiger partial charge in [0, 0.05) is 5.56 Å². The molecule has 0 unspecified atom stereocenters. The van der Waals surface area contributed by atoms with Gasteiger partial charge in [0.1, 0.15) is 5.82 Å². The second-order valence-electron chi connectivity index (χ2n) is 5.84. The third kappa shape index (κ3) is 2.12. The summed E-state index contributed by atoms with van der Waals surface area (Å²) >= 11 is 0. The molecule has 126 valence electrons. The average Bonchev–Trinajstić information content (AvgIpc) is 3.27. The largest absolute Gasteiger partial charge is 0.382 e. The molecule has 0 aliphatic carbocycles. The lowest BCUT2D eigenvalue weighted by atomic mass is 10.1. The first-order chi connectivity index (χ1) is 12.7. The second-order valence-corrected chi connectivity index (χ2v) is 5.84. The van der Waals surface area contributed by atoms with Crippen molar-refractivity contribution < 1.29 is 4.39 Å². The summed E-state index contributed by atoms with van der Waals surface area (Å²) in [6.45, 7) is 0. The first-order valence-corrected chi connectivity index (χ1v) is 7.91. The van der Waals surface area contributed by atoms with Crippen LogP contribution < -0.4 is 5.73 Å². The van der Waals surface area contributed by atoms with E-state index >= 15 is 0 Å². The van der Waals surface area contributed by atoms with E-state index in [4.69, 9.17) is 5.73 Å². The van der Waals surface area contributed by atoms with Gasteiger partial charge in [-0.2, -0.15) is 9.61 Å². The van der Waals surface area contributed by atoms with Crippen LogP contribution in [0.15, 0.2) is 54.7 Å². The van der Waals surface area contributed by atoms with E-state index in [0.29, 0.717) is 23.0 Å². The molecular formula is C18H12FN7. The molecule has 0 saturated heterocycles. The van der Waals surface area contributed by atoms with Crippen LogP contribution in [0.4, 0.5) is 10.2 Å². The molecule has 3 heterocycles. The number of anilines is 1. The quantitative estimate of drug-likeness (QED) is 0.512. The molecular weight excluding hydrogens is 333 g/mol. The fraction of sp³-hybridized carbons (Fsp3) is 0. The Kier molecular flexibility index (Phi) is 2.99. The Hall–Kier alpha value is -3.81. The lowest BCUT2D eigenvalue weighted by Crippen LogP contribution is -2.06. The van der Waals surface area contributed by atoms with E-state index in [1.54, 1.807) is 18.3 Å². The minimum absolute atomic E-state index is 0.303. The topological polar surface area (TPSA) is 97.8 Å². The highest BCUT2D eigenvalue weighted by Crippen LogP contribution is 2.28. The zero-order chi connectivity index (χ0) is 17.7. The van der Waals surface area contributed by atoms with Crippen LogP contribution in [-0.2, 0) is 0 Å². The molecule has 3 N–H and O–H groups in total. The zero-order valence-corrected chi connectivity index (χ0v) is 13.4. The number of H-pyrrole nitrogens is 1. The first kappa shape index (κ1) is 14.5. The molecule has 0 atom stereocenters. The number of nitrogen functional groups attached to an aromatic ring is 1. The summed E-state index contributed by atoms with van der Waals surface area (Å²) in [5.41, 5.74) is 10.4. The fourth-order valence-electron chi connectivity index (χ4n) is 2.93. The Morgan fingerprint density at radius 1 is 1.00 bits per heavy atom. The van der Waals surface area contributed by atoms with Crippen LogP contribution in [-0.4, -0.2) is 29.8 Å². The van der Waals surface area contributed by atoms with E-state index in [1.165, 1.54) is 16.6 Å². The monoisotopic (exact) mass is 345 g/mol. The van der Waals surface area contributed by atoms with Crippen molar-refractivity contribution in [2.45, 2.75) is 0 Å². The summed E-state index contributed by atoms with van der Waals surface area (Å²) in [7, 11) is 0. The van der Waals surface area contributed by atoms with Gasteiger partial charge in [-0.3, -0.25) is 0 Å². The van der Waals surface area contributed by atoms with Gasteiger partial charge in [-0.1, -0.05) is 24.3 Å². The molecule has 7 nitrogen and oxygen atoms in total. The van der Waals surface area contributed by atoms with Crippen molar-refractivity contribution in [2.24, 2.45) is 0 Å². The molecule has 0 fully saturated rings. The molecule has 0 aliphatic rings. The maximum absolute atomic E-state index is 13.2. The predicted molar refractivity (Wildman–Crippen MR) is 95.7 cm³/mol. The molecule has 2 aromatic carbocycles. The van der Waals surface area contributed by atoms with Crippen LogP contribution >= 0.6 is 0 Å². The minimum atomic E-state index is -0.303. The van der Waals surface area contributed by atoms with Gasteiger partial charge in [0.25, 0.3) is 0 Å². The number of halogens is 1.